The van der Waals surface area contributed by atoms with Crippen molar-refractivity contribution in [2.24, 2.45) is 0 Å². The predicted octanol–water partition coefficient (Wildman–Crippen LogP) is 2.92. The highest BCUT2D eigenvalue weighted by Gasteiger charge is 2.19. The molecule has 0 saturated carbocycles. The van der Waals surface area contributed by atoms with Crippen molar-refractivity contribution >= 4 is 11.6 Å². The van der Waals surface area contributed by atoms with Crippen molar-refractivity contribution in [3.8, 4) is 5.82 Å². The van der Waals surface area contributed by atoms with Crippen molar-refractivity contribution in [3.05, 3.63) is 35.0 Å². The lowest BCUT2D eigenvalue weighted by atomic mass is 9.96. The van der Waals surface area contributed by atoms with Crippen molar-refractivity contribution in [1.29, 1.82) is 0 Å². The molecule has 2 heterocycles. The molecule has 0 unspecified atom stereocenters. The summed E-state index contributed by atoms with van der Waals surface area (Å²) in [5.41, 5.74) is 0.944. The summed E-state index contributed by atoms with van der Waals surface area (Å²) in [5, 5.41) is 4.66. The van der Waals surface area contributed by atoms with Crippen molar-refractivity contribution in [2.75, 3.05) is 0 Å². The number of hydrogen-bond donors (Lipinski definition) is 0. The van der Waals surface area contributed by atoms with Crippen LogP contribution in [-0.2, 0) is 5.41 Å². The summed E-state index contributed by atoms with van der Waals surface area (Å²) < 4.78 is 1.71. The summed E-state index contributed by atoms with van der Waals surface area (Å²) in [6.45, 7) is 8.14. The Morgan fingerprint density at radius 2 is 1.94 bits per heavy atom. The van der Waals surface area contributed by atoms with Crippen LogP contribution in [0.3, 0.4) is 0 Å². The van der Waals surface area contributed by atoms with E-state index in [1.807, 2.05) is 13.1 Å². The Kier molecular flexibility index (Phi) is 2.91. The molecule has 0 bridgehead atoms. The zero-order valence-electron chi connectivity index (χ0n) is 10.4. The highest BCUT2D eigenvalue weighted by atomic mass is 35.5. The fourth-order valence-corrected chi connectivity index (χ4v) is 1.57. The molecule has 0 atom stereocenters. The Morgan fingerprint density at radius 3 is 2.47 bits per heavy atom. The van der Waals surface area contributed by atoms with Gasteiger partial charge in [0.15, 0.2) is 5.82 Å². The molecule has 0 fully saturated rings. The van der Waals surface area contributed by atoms with E-state index < -0.39 is 0 Å². The average molecular weight is 251 g/mol. The first-order valence-corrected chi connectivity index (χ1v) is 5.81. The molecule has 0 N–H and O–H groups in total. The molecular formula is C12H15ClN4. The lowest BCUT2D eigenvalue weighted by molar-refractivity contribution is 0.542. The summed E-state index contributed by atoms with van der Waals surface area (Å²) in [7, 11) is 0. The molecule has 2 rings (SSSR count). The first-order chi connectivity index (χ1) is 7.86. The minimum absolute atomic E-state index is 0.137. The van der Waals surface area contributed by atoms with Crippen molar-refractivity contribution < 1.29 is 0 Å². The second-order valence-corrected chi connectivity index (χ2v) is 5.47. The molecule has 17 heavy (non-hydrogen) atoms. The van der Waals surface area contributed by atoms with Gasteiger partial charge in [-0.05, 0) is 12.5 Å². The Morgan fingerprint density at radius 1 is 1.24 bits per heavy atom. The van der Waals surface area contributed by atoms with E-state index in [4.69, 9.17) is 11.6 Å². The second kappa shape index (κ2) is 4.11. The van der Waals surface area contributed by atoms with Gasteiger partial charge in [0.2, 0.25) is 0 Å². The van der Waals surface area contributed by atoms with Gasteiger partial charge < -0.3 is 0 Å². The summed E-state index contributed by atoms with van der Waals surface area (Å²) in [6.07, 6.45) is 3.69. The van der Waals surface area contributed by atoms with Crippen LogP contribution < -0.4 is 0 Å². The third-order valence-electron chi connectivity index (χ3n) is 2.30. The molecule has 90 valence electrons. The largest absolute Gasteiger partial charge is 0.222 e. The molecule has 0 aliphatic carbocycles. The van der Waals surface area contributed by atoms with Gasteiger partial charge in [0.1, 0.15) is 11.0 Å². The van der Waals surface area contributed by atoms with Crippen LogP contribution in [0.1, 0.15) is 32.2 Å². The van der Waals surface area contributed by atoms with Gasteiger partial charge in [-0.25, -0.2) is 14.6 Å². The number of hydrogen-bond acceptors (Lipinski definition) is 3. The van der Waals surface area contributed by atoms with Gasteiger partial charge in [0.05, 0.1) is 6.20 Å². The van der Waals surface area contributed by atoms with Gasteiger partial charge >= 0.3 is 0 Å². The van der Waals surface area contributed by atoms with Gasteiger partial charge in [0.25, 0.3) is 0 Å². The van der Waals surface area contributed by atoms with E-state index in [-0.39, 0.29) is 5.41 Å². The summed E-state index contributed by atoms with van der Waals surface area (Å²) in [4.78, 5) is 8.74. The van der Waals surface area contributed by atoms with E-state index in [0.717, 1.165) is 5.56 Å². The van der Waals surface area contributed by atoms with E-state index in [0.29, 0.717) is 16.8 Å². The van der Waals surface area contributed by atoms with Crippen LogP contribution >= 0.6 is 11.6 Å². The predicted molar refractivity (Wildman–Crippen MR) is 67.6 cm³/mol. The van der Waals surface area contributed by atoms with Gasteiger partial charge in [-0.2, -0.15) is 5.10 Å². The topological polar surface area (TPSA) is 43.6 Å². The van der Waals surface area contributed by atoms with Gasteiger partial charge in [0, 0.05) is 17.7 Å². The molecule has 2 aromatic heterocycles. The van der Waals surface area contributed by atoms with Crippen LogP contribution in [0.5, 0.6) is 0 Å². The number of halogens is 1. The maximum atomic E-state index is 6.02. The first-order valence-electron chi connectivity index (χ1n) is 5.43. The Balaban J connectivity index is 2.52. The number of nitrogens with zero attached hydrogens (tertiary/aromatic N) is 4. The normalized spacial score (nSPS) is 11.8. The van der Waals surface area contributed by atoms with E-state index in [1.54, 1.807) is 16.9 Å². The van der Waals surface area contributed by atoms with Crippen LogP contribution in [0.4, 0.5) is 0 Å². The smallest absolute Gasteiger partial charge is 0.158 e. The van der Waals surface area contributed by atoms with Crippen LogP contribution in [0.25, 0.3) is 5.82 Å². The maximum absolute atomic E-state index is 6.02. The standard InChI is InChI=1S/C12H15ClN4/c1-8-6-14-17(7-8)10-5-9(13)15-11(16-10)12(2,3)4/h5-7H,1-4H3. The maximum Gasteiger partial charge on any atom is 0.158 e. The molecule has 0 saturated heterocycles. The van der Waals surface area contributed by atoms with Crippen LogP contribution in [-0.4, -0.2) is 19.7 Å². The third kappa shape index (κ3) is 2.64. The van der Waals surface area contributed by atoms with Gasteiger partial charge in [-0.3, -0.25) is 0 Å². The fourth-order valence-electron chi connectivity index (χ4n) is 1.40. The highest BCUT2D eigenvalue weighted by molar-refractivity contribution is 6.29. The van der Waals surface area contributed by atoms with Crippen LogP contribution in [0.2, 0.25) is 5.15 Å². The van der Waals surface area contributed by atoms with Crippen molar-refractivity contribution in [2.45, 2.75) is 33.1 Å². The van der Waals surface area contributed by atoms with E-state index in [9.17, 15) is 0 Å². The molecule has 0 radical (unpaired) electrons. The van der Waals surface area contributed by atoms with Crippen LogP contribution in [0, 0.1) is 6.92 Å². The Labute approximate surface area is 106 Å². The molecule has 4 nitrogen and oxygen atoms in total. The quantitative estimate of drug-likeness (QED) is 0.731. The fraction of sp³-hybridized carbons (Fsp3) is 0.417. The first kappa shape index (κ1) is 12.0. The number of aryl methyl sites for hydroxylation is 1. The molecule has 0 spiro atoms. The molecule has 0 aliphatic rings. The van der Waals surface area contributed by atoms with E-state index in [1.165, 1.54) is 0 Å². The second-order valence-electron chi connectivity index (χ2n) is 5.08. The van der Waals surface area contributed by atoms with Crippen molar-refractivity contribution in [3.63, 3.8) is 0 Å². The number of rotatable bonds is 1. The Hall–Kier alpha value is -1.42. The molecule has 0 aliphatic heterocycles. The minimum atomic E-state index is -0.137. The third-order valence-corrected chi connectivity index (χ3v) is 2.49. The Bertz CT molecular complexity index is 540. The van der Waals surface area contributed by atoms with Gasteiger partial charge in [-0.1, -0.05) is 32.4 Å². The van der Waals surface area contributed by atoms with E-state index in [2.05, 4.69) is 35.8 Å². The summed E-state index contributed by atoms with van der Waals surface area (Å²) >= 11 is 6.02. The molecule has 0 amide bonds. The summed E-state index contributed by atoms with van der Waals surface area (Å²) in [5.74, 6) is 1.41. The average Bonchev–Trinajstić information content (AvgIpc) is 2.62. The zero-order chi connectivity index (χ0) is 12.6. The van der Waals surface area contributed by atoms with Crippen LogP contribution in [0.15, 0.2) is 18.5 Å². The SMILES string of the molecule is Cc1cnn(-c2cc(Cl)nc(C(C)(C)C)n2)c1. The van der Waals surface area contributed by atoms with Gasteiger partial charge in [-0.15, -0.1) is 0 Å². The minimum Gasteiger partial charge on any atom is -0.222 e. The lowest BCUT2D eigenvalue weighted by Crippen LogP contribution is -2.17. The summed E-state index contributed by atoms with van der Waals surface area (Å²) in [6, 6.07) is 1.71. The van der Waals surface area contributed by atoms with Crippen molar-refractivity contribution in [1.82, 2.24) is 19.7 Å². The molecule has 0 aromatic carbocycles. The van der Waals surface area contributed by atoms with E-state index >= 15 is 0 Å². The lowest BCUT2D eigenvalue weighted by Gasteiger charge is -2.17. The highest BCUT2D eigenvalue weighted by Crippen LogP contribution is 2.21. The molecular weight excluding hydrogens is 236 g/mol. The zero-order valence-corrected chi connectivity index (χ0v) is 11.2. The number of aromatic nitrogens is 4. The molecule has 2 aromatic rings. The monoisotopic (exact) mass is 250 g/mol. The molecule has 5 heteroatoms.